The lowest BCUT2D eigenvalue weighted by molar-refractivity contribution is 0.624. The Morgan fingerprint density at radius 2 is 2.15 bits per heavy atom. The van der Waals surface area contributed by atoms with Gasteiger partial charge in [0.2, 0.25) is 0 Å². The first kappa shape index (κ1) is 13.6. The number of anilines is 1. The highest BCUT2D eigenvalue weighted by Gasteiger charge is 2.30. The Labute approximate surface area is 123 Å². The molecule has 1 fully saturated rings. The summed E-state index contributed by atoms with van der Waals surface area (Å²) in [5, 5.41) is 2.10. The van der Waals surface area contributed by atoms with Crippen LogP contribution in [-0.2, 0) is 13.0 Å². The van der Waals surface area contributed by atoms with Gasteiger partial charge in [0.15, 0.2) is 0 Å². The van der Waals surface area contributed by atoms with Crippen LogP contribution in [0.25, 0.3) is 0 Å². The van der Waals surface area contributed by atoms with E-state index in [1.807, 2.05) is 6.07 Å². The van der Waals surface area contributed by atoms with Crippen LogP contribution in [-0.4, -0.2) is 12.6 Å². The molecule has 0 unspecified atom stereocenters. The quantitative estimate of drug-likeness (QED) is 0.881. The minimum Gasteiger partial charge on any atom is -0.363 e. The minimum absolute atomic E-state index is 0.177. The molecule has 1 aliphatic carbocycles. The van der Waals surface area contributed by atoms with Gasteiger partial charge in [-0.1, -0.05) is 6.07 Å². The SMILES string of the molecule is NCCc1cc(F)ccc1N(Cc1cccs1)C1CC1. The number of nitrogens with two attached hydrogens (primary N) is 1. The maximum atomic E-state index is 13.5. The zero-order valence-corrected chi connectivity index (χ0v) is 12.2. The number of hydrogen-bond donors (Lipinski definition) is 1. The molecule has 0 spiro atoms. The van der Waals surface area contributed by atoms with Crippen molar-refractivity contribution in [1.29, 1.82) is 0 Å². The van der Waals surface area contributed by atoms with E-state index in [1.54, 1.807) is 23.5 Å². The molecular weight excluding hydrogens is 271 g/mol. The van der Waals surface area contributed by atoms with Crippen LogP contribution in [0.2, 0.25) is 0 Å². The van der Waals surface area contributed by atoms with Gasteiger partial charge >= 0.3 is 0 Å². The lowest BCUT2D eigenvalue weighted by atomic mass is 10.1. The molecule has 3 rings (SSSR count). The second-order valence-electron chi connectivity index (χ2n) is 5.25. The van der Waals surface area contributed by atoms with Crippen LogP contribution >= 0.6 is 11.3 Å². The molecule has 0 radical (unpaired) electrons. The Bertz CT molecular complexity index is 564. The molecular formula is C16H19FN2S. The van der Waals surface area contributed by atoms with Crippen LogP contribution in [0.4, 0.5) is 10.1 Å². The summed E-state index contributed by atoms with van der Waals surface area (Å²) in [5.74, 6) is -0.177. The third kappa shape index (κ3) is 3.02. The Balaban J connectivity index is 1.90. The molecule has 0 saturated heterocycles. The van der Waals surface area contributed by atoms with Crippen molar-refractivity contribution in [3.63, 3.8) is 0 Å². The molecule has 106 valence electrons. The van der Waals surface area contributed by atoms with Gasteiger partial charge in [-0.05, 0) is 61.0 Å². The number of rotatable bonds is 6. The molecule has 1 aromatic carbocycles. The molecule has 1 heterocycles. The van der Waals surface area contributed by atoms with Crippen LogP contribution in [0.1, 0.15) is 23.3 Å². The normalized spacial score (nSPS) is 14.5. The van der Waals surface area contributed by atoms with Crippen molar-refractivity contribution in [2.45, 2.75) is 31.8 Å². The number of benzene rings is 1. The van der Waals surface area contributed by atoms with Gasteiger partial charge in [-0.3, -0.25) is 0 Å². The summed E-state index contributed by atoms with van der Waals surface area (Å²) in [7, 11) is 0. The van der Waals surface area contributed by atoms with Crippen LogP contribution in [0.15, 0.2) is 35.7 Å². The minimum atomic E-state index is -0.177. The second kappa shape index (κ2) is 5.94. The maximum absolute atomic E-state index is 13.5. The summed E-state index contributed by atoms with van der Waals surface area (Å²) in [4.78, 5) is 3.76. The largest absolute Gasteiger partial charge is 0.363 e. The average Bonchev–Trinajstić information content (AvgIpc) is 3.15. The van der Waals surface area contributed by atoms with Gasteiger partial charge in [0.1, 0.15) is 5.82 Å². The molecule has 2 aromatic rings. The smallest absolute Gasteiger partial charge is 0.123 e. The summed E-state index contributed by atoms with van der Waals surface area (Å²) in [6.45, 7) is 1.46. The first-order chi connectivity index (χ1) is 9.78. The fourth-order valence-corrected chi connectivity index (χ4v) is 3.26. The van der Waals surface area contributed by atoms with Crippen molar-refractivity contribution < 1.29 is 4.39 Å². The zero-order chi connectivity index (χ0) is 13.9. The molecule has 0 aliphatic heterocycles. The van der Waals surface area contributed by atoms with Crippen molar-refractivity contribution in [2.24, 2.45) is 5.73 Å². The van der Waals surface area contributed by atoms with E-state index in [-0.39, 0.29) is 5.82 Å². The summed E-state index contributed by atoms with van der Waals surface area (Å²) in [6.07, 6.45) is 3.18. The lowest BCUT2D eigenvalue weighted by Gasteiger charge is -2.27. The summed E-state index contributed by atoms with van der Waals surface area (Å²) >= 11 is 1.77. The Hall–Kier alpha value is -1.39. The van der Waals surface area contributed by atoms with Gasteiger partial charge in [-0.2, -0.15) is 0 Å². The molecule has 2 N–H and O–H groups in total. The third-order valence-electron chi connectivity index (χ3n) is 3.66. The van der Waals surface area contributed by atoms with E-state index in [0.717, 1.165) is 24.2 Å². The van der Waals surface area contributed by atoms with E-state index in [1.165, 1.54) is 17.7 Å². The Morgan fingerprint density at radius 3 is 2.80 bits per heavy atom. The van der Waals surface area contributed by atoms with Crippen LogP contribution < -0.4 is 10.6 Å². The number of hydrogen-bond acceptors (Lipinski definition) is 3. The molecule has 20 heavy (non-hydrogen) atoms. The maximum Gasteiger partial charge on any atom is 0.123 e. The third-order valence-corrected chi connectivity index (χ3v) is 4.52. The standard InChI is InChI=1S/C16H19FN2S/c17-13-3-6-16(12(10-13)7-8-18)19(14-4-5-14)11-15-2-1-9-20-15/h1-3,6,9-10,14H,4-5,7-8,11,18H2. The monoisotopic (exact) mass is 290 g/mol. The highest BCUT2D eigenvalue weighted by atomic mass is 32.1. The highest BCUT2D eigenvalue weighted by Crippen LogP contribution is 2.36. The molecule has 0 bridgehead atoms. The molecule has 0 atom stereocenters. The topological polar surface area (TPSA) is 29.3 Å². The van der Waals surface area contributed by atoms with Gasteiger partial charge in [0.05, 0.1) is 6.54 Å². The van der Waals surface area contributed by atoms with E-state index in [4.69, 9.17) is 5.73 Å². The van der Waals surface area contributed by atoms with E-state index in [2.05, 4.69) is 22.4 Å². The molecule has 1 aliphatic rings. The van der Waals surface area contributed by atoms with Gasteiger partial charge in [-0.15, -0.1) is 11.3 Å². The Kier molecular flexibility index (Phi) is 4.03. The van der Waals surface area contributed by atoms with Gasteiger partial charge in [-0.25, -0.2) is 4.39 Å². The summed E-state index contributed by atoms with van der Waals surface area (Å²) in [6, 6.07) is 9.93. The zero-order valence-electron chi connectivity index (χ0n) is 11.4. The van der Waals surface area contributed by atoms with Crippen molar-refractivity contribution in [2.75, 3.05) is 11.4 Å². The van der Waals surface area contributed by atoms with Crippen molar-refractivity contribution in [3.05, 3.63) is 52.0 Å². The number of thiophene rings is 1. The molecule has 1 saturated carbocycles. The molecule has 4 heteroatoms. The molecule has 2 nitrogen and oxygen atoms in total. The molecule has 0 amide bonds. The predicted molar refractivity (Wildman–Crippen MR) is 82.7 cm³/mol. The van der Waals surface area contributed by atoms with Crippen LogP contribution in [0.3, 0.4) is 0 Å². The van der Waals surface area contributed by atoms with Gasteiger partial charge in [0, 0.05) is 16.6 Å². The highest BCUT2D eigenvalue weighted by molar-refractivity contribution is 7.09. The second-order valence-corrected chi connectivity index (χ2v) is 6.28. The van der Waals surface area contributed by atoms with E-state index < -0.39 is 0 Å². The van der Waals surface area contributed by atoms with Crippen LogP contribution in [0.5, 0.6) is 0 Å². The first-order valence-electron chi connectivity index (χ1n) is 7.05. The fourth-order valence-electron chi connectivity index (χ4n) is 2.56. The van der Waals surface area contributed by atoms with Crippen molar-refractivity contribution in [3.8, 4) is 0 Å². The van der Waals surface area contributed by atoms with Crippen molar-refractivity contribution >= 4 is 17.0 Å². The van der Waals surface area contributed by atoms with E-state index in [0.29, 0.717) is 12.6 Å². The van der Waals surface area contributed by atoms with E-state index >= 15 is 0 Å². The first-order valence-corrected chi connectivity index (χ1v) is 7.93. The predicted octanol–water partition coefficient (Wildman–Crippen LogP) is 3.56. The molecule has 1 aromatic heterocycles. The fraction of sp³-hybridized carbons (Fsp3) is 0.375. The average molecular weight is 290 g/mol. The van der Waals surface area contributed by atoms with Gasteiger partial charge in [0.25, 0.3) is 0 Å². The van der Waals surface area contributed by atoms with Gasteiger partial charge < -0.3 is 10.6 Å². The Morgan fingerprint density at radius 1 is 1.30 bits per heavy atom. The summed E-state index contributed by atoms with van der Waals surface area (Å²) < 4.78 is 13.5. The van der Waals surface area contributed by atoms with Crippen LogP contribution in [0, 0.1) is 5.82 Å². The lowest BCUT2D eigenvalue weighted by Crippen LogP contribution is -2.26. The number of nitrogens with zero attached hydrogens (tertiary/aromatic N) is 1. The number of halogens is 1. The van der Waals surface area contributed by atoms with Crippen molar-refractivity contribution in [1.82, 2.24) is 0 Å². The summed E-state index contributed by atoms with van der Waals surface area (Å²) in [5.41, 5.74) is 7.84. The van der Waals surface area contributed by atoms with E-state index in [9.17, 15) is 4.39 Å².